The Bertz CT molecular complexity index is 560. The fourth-order valence-corrected chi connectivity index (χ4v) is 3.72. The Labute approximate surface area is 125 Å². The summed E-state index contributed by atoms with van der Waals surface area (Å²) in [6.45, 7) is 0. The summed E-state index contributed by atoms with van der Waals surface area (Å²) in [5, 5.41) is 0. The lowest BCUT2D eigenvalue weighted by atomic mass is 10.3. The molecule has 0 radical (unpaired) electrons. The Kier molecular flexibility index (Phi) is 6.42. The number of nitrogens with one attached hydrogen (secondary N) is 1. The maximum atomic E-state index is 13.2. The molecule has 0 spiro atoms. The Morgan fingerprint density at radius 1 is 0.952 bits per heavy atom. The van der Waals surface area contributed by atoms with Gasteiger partial charge in [-0.25, -0.2) is 31.5 Å². The molecular formula is C8H3F5N2O3S3. The highest BCUT2D eigenvalue weighted by Crippen LogP contribution is 2.42. The summed E-state index contributed by atoms with van der Waals surface area (Å²) in [4.78, 5) is 19.8. The molecule has 0 aromatic heterocycles. The summed E-state index contributed by atoms with van der Waals surface area (Å²) in [5.41, 5.74) is 4.51. The van der Waals surface area contributed by atoms with Crippen LogP contribution in [-0.2, 0) is 4.74 Å². The standard InChI is InChI=1S/C8H3F5N2O3S3/c9-1-2(10)4(12)6(5(13)3(1)11)19-21-20-15-8(17)18-7(14)16/h(H2,14,16)(H,15,17). The molecule has 21 heavy (non-hydrogen) atoms. The van der Waals surface area contributed by atoms with E-state index >= 15 is 0 Å². The van der Waals surface area contributed by atoms with Crippen molar-refractivity contribution in [2.24, 2.45) is 5.73 Å². The van der Waals surface area contributed by atoms with Gasteiger partial charge in [0.15, 0.2) is 23.3 Å². The third-order valence-corrected chi connectivity index (χ3v) is 4.93. The van der Waals surface area contributed by atoms with Gasteiger partial charge in [-0.3, -0.25) is 4.72 Å². The van der Waals surface area contributed by atoms with Crippen molar-refractivity contribution < 1.29 is 36.3 Å². The van der Waals surface area contributed by atoms with E-state index in [1.54, 1.807) is 0 Å². The summed E-state index contributed by atoms with van der Waals surface area (Å²) < 4.78 is 70.6. The number of hydrogen-bond acceptors (Lipinski definition) is 6. The highest BCUT2D eigenvalue weighted by molar-refractivity contribution is 9.09. The molecule has 2 amide bonds. The van der Waals surface area contributed by atoms with Crippen LogP contribution in [0.3, 0.4) is 0 Å². The summed E-state index contributed by atoms with van der Waals surface area (Å²) in [6, 6.07) is 0. The predicted molar refractivity (Wildman–Crippen MR) is 66.5 cm³/mol. The zero-order valence-corrected chi connectivity index (χ0v) is 11.9. The lowest BCUT2D eigenvalue weighted by Gasteiger charge is -2.06. The van der Waals surface area contributed by atoms with Crippen molar-refractivity contribution in [3.05, 3.63) is 29.1 Å². The van der Waals surface area contributed by atoms with E-state index in [0.29, 0.717) is 20.8 Å². The molecule has 13 heteroatoms. The summed E-state index contributed by atoms with van der Waals surface area (Å²) in [7, 11) is 1.02. The minimum absolute atomic E-state index is 0.168. The first-order valence-electron chi connectivity index (χ1n) is 4.54. The molecule has 0 atom stereocenters. The van der Waals surface area contributed by atoms with Crippen LogP contribution in [0.1, 0.15) is 0 Å². The monoisotopic (exact) mass is 366 g/mol. The number of primary amides is 1. The van der Waals surface area contributed by atoms with Crippen molar-refractivity contribution in [2.75, 3.05) is 0 Å². The topological polar surface area (TPSA) is 81.4 Å². The second-order valence-corrected chi connectivity index (χ2v) is 6.66. The highest BCUT2D eigenvalue weighted by atomic mass is 33.5. The van der Waals surface area contributed by atoms with Gasteiger partial charge < -0.3 is 10.5 Å². The lowest BCUT2D eigenvalue weighted by Crippen LogP contribution is -2.24. The number of halogens is 5. The molecule has 0 fully saturated rings. The Hall–Kier alpha value is -1.34. The van der Waals surface area contributed by atoms with Gasteiger partial charge in [-0.2, -0.15) is 0 Å². The van der Waals surface area contributed by atoms with E-state index in [1.807, 2.05) is 4.72 Å². The number of carbonyl (C=O) groups is 2. The van der Waals surface area contributed by atoms with Crippen LogP contribution in [-0.4, -0.2) is 12.2 Å². The normalized spacial score (nSPS) is 10.3. The summed E-state index contributed by atoms with van der Waals surface area (Å²) in [5.74, 6) is -10.4. The number of ether oxygens (including phenoxy) is 1. The summed E-state index contributed by atoms with van der Waals surface area (Å²) in [6.07, 6.45) is -2.65. The zero-order chi connectivity index (χ0) is 16.2. The van der Waals surface area contributed by atoms with Crippen LogP contribution in [0, 0.1) is 29.1 Å². The molecule has 0 heterocycles. The largest absolute Gasteiger partial charge is 0.426 e. The third kappa shape index (κ3) is 4.57. The number of benzene rings is 1. The van der Waals surface area contributed by atoms with E-state index < -0.39 is 46.2 Å². The van der Waals surface area contributed by atoms with Crippen molar-refractivity contribution in [1.82, 2.24) is 4.72 Å². The average Bonchev–Trinajstić information content (AvgIpc) is 2.41. The molecule has 5 nitrogen and oxygen atoms in total. The van der Waals surface area contributed by atoms with E-state index in [1.165, 1.54) is 0 Å². The van der Waals surface area contributed by atoms with Crippen LogP contribution in [0.2, 0.25) is 0 Å². The summed E-state index contributed by atoms with van der Waals surface area (Å²) >= 11 is 0. The van der Waals surface area contributed by atoms with E-state index in [4.69, 9.17) is 0 Å². The molecule has 0 aliphatic carbocycles. The van der Waals surface area contributed by atoms with Gasteiger partial charge in [-0.15, -0.1) is 0 Å². The maximum absolute atomic E-state index is 13.2. The van der Waals surface area contributed by atoms with E-state index in [0.717, 1.165) is 0 Å². The molecule has 0 aliphatic rings. The SMILES string of the molecule is NC(=O)OC(=O)NSSSc1c(F)c(F)c(F)c(F)c1F. The molecule has 0 aliphatic heterocycles. The minimum atomic E-state index is -2.27. The Balaban J connectivity index is 2.65. The van der Waals surface area contributed by atoms with Crippen LogP contribution in [0.4, 0.5) is 31.5 Å². The second kappa shape index (κ2) is 7.61. The third-order valence-electron chi connectivity index (χ3n) is 1.64. The van der Waals surface area contributed by atoms with Gasteiger partial charge in [-0.05, 0) is 10.8 Å². The second-order valence-electron chi connectivity index (χ2n) is 2.94. The number of nitrogens with two attached hydrogens (primary N) is 1. The van der Waals surface area contributed by atoms with Gasteiger partial charge in [0.25, 0.3) is 0 Å². The first-order chi connectivity index (χ1) is 9.75. The Morgan fingerprint density at radius 3 is 1.90 bits per heavy atom. The number of rotatable bonds is 4. The molecule has 1 rings (SSSR count). The molecule has 1 aromatic rings. The van der Waals surface area contributed by atoms with Gasteiger partial charge in [0.1, 0.15) is 0 Å². The van der Waals surface area contributed by atoms with Crippen LogP contribution < -0.4 is 10.5 Å². The van der Waals surface area contributed by atoms with Gasteiger partial charge in [0.2, 0.25) is 5.82 Å². The molecule has 0 saturated heterocycles. The van der Waals surface area contributed by atoms with Gasteiger partial charge in [0.05, 0.1) is 4.90 Å². The van der Waals surface area contributed by atoms with E-state index in [9.17, 15) is 31.5 Å². The number of carbonyl (C=O) groups excluding carboxylic acids is 2. The van der Waals surface area contributed by atoms with Gasteiger partial charge in [-0.1, -0.05) is 0 Å². The van der Waals surface area contributed by atoms with Gasteiger partial charge >= 0.3 is 12.2 Å². The fraction of sp³-hybridized carbons (Fsp3) is 0. The van der Waals surface area contributed by atoms with Crippen LogP contribution in [0.25, 0.3) is 0 Å². The van der Waals surface area contributed by atoms with Crippen LogP contribution >= 0.6 is 31.6 Å². The molecular weight excluding hydrogens is 363 g/mol. The first-order valence-corrected chi connectivity index (χ1v) is 8.02. The quantitative estimate of drug-likeness (QED) is 0.161. The van der Waals surface area contributed by atoms with Crippen molar-refractivity contribution in [3.8, 4) is 0 Å². The van der Waals surface area contributed by atoms with Crippen LogP contribution in [0.5, 0.6) is 0 Å². The molecule has 1 aromatic carbocycles. The predicted octanol–water partition coefficient (Wildman–Crippen LogP) is 3.49. The van der Waals surface area contributed by atoms with Gasteiger partial charge in [0, 0.05) is 20.8 Å². The van der Waals surface area contributed by atoms with Crippen LogP contribution in [0.15, 0.2) is 4.90 Å². The van der Waals surface area contributed by atoms with E-state index in [-0.39, 0.29) is 10.8 Å². The highest BCUT2D eigenvalue weighted by Gasteiger charge is 2.26. The molecule has 0 unspecified atom stereocenters. The first kappa shape index (κ1) is 17.7. The average molecular weight is 366 g/mol. The molecule has 3 N–H and O–H groups in total. The maximum Gasteiger partial charge on any atom is 0.426 e. The zero-order valence-electron chi connectivity index (χ0n) is 9.42. The number of hydrogen-bond donors (Lipinski definition) is 2. The molecule has 116 valence electrons. The van der Waals surface area contributed by atoms with Crippen molar-refractivity contribution in [3.63, 3.8) is 0 Å². The minimum Gasteiger partial charge on any atom is -0.359 e. The van der Waals surface area contributed by atoms with Crippen molar-refractivity contribution in [1.29, 1.82) is 0 Å². The fourth-order valence-electron chi connectivity index (χ4n) is 0.872. The number of amides is 2. The van der Waals surface area contributed by atoms with Crippen molar-refractivity contribution >= 4 is 43.8 Å². The van der Waals surface area contributed by atoms with E-state index in [2.05, 4.69) is 10.5 Å². The molecule has 0 bridgehead atoms. The smallest absolute Gasteiger partial charge is 0.359 e. The van der Waals surface area contributed by atoms with Crippen molar-refractivity contribution in [2.45, 2.75) is 4.90 Å². The Morgan fingerprint density at radius 2 is 1.43 bits per heavy atom. The lowest BCUT2D eigenvalue weighted by molar-refractivity contribution is 0.162. The molecule has 0 saturated carbocycles.